The number of aromatic nitrogens is 2. The third-order valence-electron chi connectivity index (χ3n) is 4.01. The highest BCUT2D eigenvalue weighted by Crippen LogP contribution is 2.19. The average molecular weight is 314 g/mol. The van der Waals surface area contributed by atoms with Gasteiger partial charge in [-0.05, 0) is 26.7 Å². The summed E-state index contributed by atoms with van der Waals surface area (Å²) in [5.74, 6) is -0.126. The molecular formula is C13H22N4O3S. The monoisotopic (exact) mass is 314 g/mol. The van der Waals surface area contributed by atoms with Crippen LogP contribution in [0.5, 0.6) is 0 Å². The molecule has 0 radical (unpaired) electrons. The number of piperidine rings is 1. The van der Waals surface area contributed by atoms with E-state index in [-0.39, 0.29) is 11.8 Å². The summed E-state index contributed by atoms with van der Waals surface area (Å²) in [5, 5.41) is 9.90. The topological polar surface area (TPSA) is 95.2 Å². The van der Waals surface area contributed by atoms with E-state index in [2.05, 4.69) is 15.5 Å². The van der Waals surface area contributed by atoms with Crippen LogP contribution in [0.2, 0.25) is 0 Å². The molecule has 0 unspecified atom stereocenters. The van der Waals surface area contributed by atoms with E-state index in [0.717, 1.165) is 17.0 Å². The quantitative estimate of drug-likeness (QED) is 0.836. The zero-order valence-corrected chi connectivity index (χ0v) is 13.5. The van der Waals surface area contributed by atoms with Crippen molar-refractivity contribution in [2.75, 3.05) is 19.3 Å². The molecule has 0 aromatic carbocycles. The number of nitrogens with zero attached hydrogens (tertiary/aromatic N) is 2. The van der Waals surface area contributed by atoms with Crippen LogP contribution in [0.15, 0.2) is 0 Å². The van der Waals surface area contributed by atoms with Gasteiger partial charge in [0.1, 0.15) is 0 Å². The van der Waals surface area contributed by atoms with Gasteiger partial charge < -0.3 is 5.32 Å². The van der Waals surface area contributed by atoms with Gasteiger partial charge in [0.15, 0.2) is 0 Å². The molecule has 21 heavy (non-hydrogen) atoms. The number of sulfonamides is 1. The Morgan fingerprint density at radius 2 is 2.00 bits per heavy atom. The molecule has 1 aliphatic rings. The van der Waals surface area contributed by atoms with Gasteiger partial charge >= 0.3 is 0 Å². The van der Waals surface area contributed by atoms with Gasteiger partial charge in [0.25, 0.3) is 0 Å². The minimum Gasteiger partial charge on any atom is -0.352 e. The van der Waals surface area contributed by atoms with E-state index in [9.17, 15) is 13.2 Å². The van der Waals surface area contributed by atoms with Gasteiger partial charge in [0.2, 0.25) is 15.9 Å². The summed E-state index contributed by atoms with van der Waals surface area (Å²) in [6, 6.07) is 0. The fourth-order valence-corrected chi connectivity index (χ4v) is 3.48. The molecule has 8 heteroatoms. The molecule has 2 N–H and O–H groups in total. The Bertz CT molecular complexity index is 596. The highest BCUT2D eigenvalue weighted by molar-refractivity contribution is 7.88. The molecule has 7 nitrogen and oxygen atoms in total. The molecule has 0 atom stereocenters. The van der Waals surface area contributed by atoms with Crippen LogP contribution in [0.25, 0.3) is 0 Å². The van der Waals surface area contributed by atoms with Crippen molar-refractivity contribution in [1.82, 2.24) is 19.8 Å². The first kappa shape index (κ1) is 16.0. The van der Waals surface area contributed by atoms with Crippen molar-refractivity contribution in [3.8, 4) is 0 Å². The molecule has 2 rings (SSSR count). The molecule has 1 amide bonds. The summed E-state index contributed by atoms with van der Waals surface area (Å²) in [4.78, 5) is 12.2. The van der Waals surface area contributed by atoms with Crippen molar-refractivity contribution < 1.29 is 13.2 Å². The first-order valence-corrected chi connectivity index (χ1v) is 8.87. The Morgan fingerprint density at radius 3 is 2.48 bits per heavy atom. The molecule has 0 aliphatic carbocycles. The Morgan fingerprint density at radius 1 is 1.38 bits per heavy atom. The number of nitrogens with one attached hydrogen (secondary N) is 2. The first-order chi connectivity index (χ1) is 9.79. The average Bonchev–Trinajstić information content (AvgIpc) is 2.75. The third-order valence-corrected chi connectivity index (χ3v) is 5.32. The highest BCUT2D eigenvalue weighted by Gasteiger charge is 2.28. The van der Waals surface area contributed by atoms with Crippen molar-refractivity contribution in [3.63, 3.8) is 0 Å². The van der Waals surface area contributed by atoms with Crippen molar-refractivity contribution >= 4 is 15.9 Å². The lowest BCUT2D eigenvalue weighted by Gasteiger charge is -2.29. The van der Waals surface area contributed by atoms with Crippen molar-refractivity contribution in [3.05, 3.63) is 17.0 Å². The summed E-state index contributed by atoms with van der Waals surface area (Å²) in [6.07, 6.45) is 2.35. The minimum atomic E-state index is -3.14. The Hall–Kier alpha value is -1.41. The fraction of sp³-hybridized carbons (Fsp3) is 0.692. The lowest BCUT2D eigenvalue weighted by molar-refractivity contribution is -0.126. The number of rotatable bonds is 4. The van der Waals surface area contributed by atoms with Gasteiger partial charge in [-0.15, -0.1) is 0 Å². The SMILES string of the molecule is Cc1n[nH]c(C)c1CNC(=O)C1CCN(S(C)(=O)=O)CC1. The summed E-state index contributed by atoms with van der Waals surface area (Å²) in [7, 11) is -3.14. The van der Waals surface area contributed by atoms with Gasteiger partial charge in [0, 0.05) is 36.8 Å². The standard InChI is InChI=1S/C13H22N4O3S/c1-9-12(10(2)16-15-9)8-14-13(18)11-4-6-17(7-5-11)21(3,19)20/h11H,4-8H2,1-3H3,(H,14,18)(H,15,16). The van der Waals surface area contributed by atoms with Crippen molar-refractivity contribution in [2.24, 2.45) is 5.92 Å². The van der Waals surface area contributed by atoms with Gasteiger partial charge in [-0.3, -0.25) is 9.89 Å². The molecule has 1 aromatic heterocycles. The number of carbonyl (C=O) groups is 1. The van der Waals surface area contributed by atoms with Crippen molar-refractivity contribution in [2.45, 2.75) is 33.2 Å². The summed E-state index contributed by atoms with van der Waals surface area (Å²) in [6.45, 7) is 5.11. The summed E-state index contributed by atoms with van der Waals surface area (Å²) >= 11 is 0. The maximum absolute atomic E-state index is 12.2. The Balaban J connectivity index is 1.86. The van der Waals surface area contributed by atoms with E-state index in [0.29, 0.717) is 32.5 Å². The molecular weight excluding hydrogens is 292 g/mol. The number of aromatic amines is 1. The Labute approximate surface area is 125 Å². The molecule has 1 saturated heterocycles. The highest BCUT2D eigenvalue weighted by atomic mass is 32.2. The van der Waals surface area contributed by atoms with Gasteiger partial charge in [0.05, 0.1) is 11.9 Å². The van der Waals surface area contributed by atoms with E-state index in [1.807, 2.05) is 13.8 Å². The van der Waals surface area contributed by atoms with Crippen LogP contribution in [0.1, 0.15) is 29.8 Å². The van der Waals surface area contributed by atoms with E-state index in [1.54, 1.807) is 0 Å². The summed E-state index contributed by atoms with van der Waals surface area (Å²) in [5.41, 5.74) is 2.86. The molecule has 1 aliphatic heterocycles. The third kappa shape index (κ3) is 3.82. The number of amides is 1. The zero-order valence-electron chi connectivity index (χ0n) is 12.6. The van der Waals surface area contributed by atoms with Crippen LogP contribution >= 0.6 is 0 Å². The van der Waals surface area contributed by atoms with Crippen LogP contribution in [0, 0.1) is 19.8 Å². The van der Waals surface area contributed by atoms with E-state index >= 15 is 0 Å². The molecule has 118 valence electrons. The number of hydrogen-bond donors (Lipinski definition) is 2. The molecule has 1 aromatic rings. The van der Waals surface area contributed by atoms with Crippen LogP contribution in [-0.2, 0) is 21.4 Å². The predicted molar refractivity (Wildman–Crippen MR) is 79.0 cm³/mol. The second-order valence-electron chi connectivity index (χ2n) is 5.57. The maximum Gasteiger partial charge on any atom is 0.223 e. The Kier molecular flexibility index (Phi) is 4.67. The predicted octanol–water partition coefficient (Wildman–Crippen LogP) is 0.314. The number of carbonyl (C=O) groups excluding carboxylic acids is 1. The zero-order chi connectivity index (χ0) is 15.6. The molecule has 0 saturated carbocycles. The largest absolute Gasteiger partial charge is 0.352 e. The van der Waals surface area contributed by atoms with Gasteiger partial charge in [-0.2, -0.15) is 5.10 Å². The normalized spacial score (nSPS) is 17.9. The van der Waals surface area contributed by atoms with Crippen LogP contribution in [0.4, 0.5) is 0 Å². The van der Waals surface area contributed by atoms with E-state index in [4.69, 9.17) is 0 Å². The maximum atomic E-state index is 12.2. The van der Waals surface area contributed by atoms with E-state index < -0.39 is 10.0 Å². The number of hydrogen-bond acceptors (Lipinski definition) is 4. The minimum absolute atomic E-state index is 0.0110. The second kappa shape index (κ2) is 6.15. The van der Waals surface area contributed by atoms with Crippen LogP contribution in [-0.4, -0.2) is 48.2 Å². The molecule has 0 spiro atoms. The van der Waals surface area contributed by atoms with Crippen LogP contribution in [0.3, 0.4) is 0 Å². The second-order valence-corrected chi connectivity index (χ2v) is 7.55. The smallest absolute Gasteiger partial charge is 0.223 e. The molecule has 2 heterocycles. The number of aryl methyl sites for hydroxylation is 2. The lowest BCUT2D eigenvalue weighted by Crippen LogP contribution is -2.42. The van der Waals surface area contributed by atoms with Crippen molar-refractivity contribution in [1.29, 1.82) is 0 Å². The molecule has 1 fully saturated rings. The van der Waals surface area contributed by atoms with Gasteiger partial charge in [-0.25, -0.2) is 12.7 Å². The first-order valence-electron chi connectivity index (χ1n) is 7.02. The molecule has 0 bridgehead atoms. The summed E-state index contributed by atoms with van der Waals surface area (Å²) < 4.78 is 24.3. The lowest BCUT2D eigenvalue weighted by atomic mass is 9.97. The van der Waals surface area contributed by atoms with Gasteiger partial charge in [-0.1, -0.05) is 0 Å². The van der Waals surface area contributed by atoms with Crippen LogP contribution < -0.4 is 5.32 Å². The fourth-order valence-electron chi connectivity index (χ4n) is 2.60. The number of H-pyrrole nitrogens is 1. The van der Waals surface area contributed by atoms with E-state index in [1.165, 1.54) is 10.6 Å².